The molecule has 0 atom stereocenters. The minimum Gasteiger partial charge on any atom is -0.351 e. The van der Waals surface area contributed by atoms with E-state index in [-0.39, 0.29) is 6.54 Å². The van der Waals surface area contributed by atoms with E-state index in [9.17, 15) is 4.39 Å². The summed E-state index contributed by atoms with van der Waals surface area (Å²) in [4.78, 5) is 16.2. The molecule has 0 bridgehead atoms. The Morgan fingerprint density at radius 1 is 1.18 bits per heavy atom. The first kappa shape index (κ1) is 17.4. The number of fused-ring (bicyclic) bond motifs is 2. The minimum atomic E-state index is -1.17. The second-order valence-corrected chi connectivity index (χ2v) is 7.68. The predicted molar refractivity (Wildman–Crippen MR) is 106 cm³/mol. The quantitative estimate of drug-likeness (QED) is 0.531. The number of aromatic nitrogens is 6. The van der Waals surface area contributed by atoms with Gasteiger partial charge in [-0.3, -0.25) is 0 Å². The zero-order valence-electron chi connectivity index (χ0n) is 15.1. The molecule has 0 amide bonds. The van der Waals surface area contributed by atoms with Crippen LogP contribution in [0.2, 0.25) is 5.15 Å². The van der Waals surface area contributed by atoms with E-state index in [4.69, 9.17) is 11.6 Å². The van der Waals surface area contributed by atoms with Crippen LogP contribution in [-0.4, -0.2) is 41.8 Å². The van der Waals surface area contributed by atoms with Crippen molar-refractivity contribution in [1.82, 2.24) is 29.5 Å². The number of rotatable bonds is 4. The average Bonchev–Trinajstić information content (AvgIpc) is 3.30. The minimum absolute atomic E-state index is 0.240. The van der Waals surface area contributed by atoms with Gasteiger partial charge in [-0.1, -0.05) is 30.9 Å². The molecule has 0 spiro atoms. The summed E-state index contributed by atoms with van der Waals surface area (Å²) in [6, 6.07) is 3.73. The Kier molecular flexibility index (Phi) is 4.16. The Balaban J connectivity index is 1.42. The predicted octanol–water partition coefficient (Wildman–Crippen LogP) is 4.41. The average molecular weight is 400 g/mol. The molecule has 7 nitrogen and oxygen atoms in total. The van der Waals surface area contributed by atoms with Gasteiger partial charge in [0.2, 0.25) is 5.95 Å². The van der Waals surface area contributed by atoms with Crippen molar-refractivity contribution in [3.05, 3.63) is 35.9 Å². The molecule has 4 heterocycles. The Hall–Kier alpha value is -2.74. The summed E-state index contributed by atoms with van der Waals surface area (Å²) < 4.78 is 16.4. The Morgan fingerprint density at radius 2 is 2.04 bits per heavy atom. The molecule has 1 aliphatic carbocycles. The molecule has 144 valence electrons. The highest BCUT2D eigenvalue weighted by atomic mass is 35.5. The van der Waals surface area contributed by atoms with Crippen molar-refractivity contribution in [3.63, 3.8) is 0 Å². The van der Waals surface area contributed by atoms with Crippen molar-refractivity contribution in [1.29, 1.82) is 0 Å². The molecule has 1 aliphatic rings. The van der Waals surface area contributed by atoms with Crippen LogP contribution in [0.1, 0.15) is 32.1 Å². The van der Waals surface area contributed by atoms with Gasteiger partial charge in [0.25, 0.3) is 0 Å². The molecule has 28 heavy (non-hydrogen) atoms. The normalized spacial score (nSPS) is 16.6. The van der Waals surface area contributed by atoms with Crippen molar-refractivity contribution in [2.45, 2.75) is 37.8 Å². The van der Waals surface area contributed by atoms with Gasteiger partial charge < -0.3 is 10.3 Å². The van der Waals surface area contributed by atoms with Gasteiger partial charge in [0.1, 0.15) is 11.3 Å². The van der Waals surface area contributed by atoms with Crippen molar-refractivity contribution in [2.75, 3.05) is 11.9 Å². The first-order chi connectivity index (χ1) is 13.6. The molecule has 4 aromatic heterocycles. The van der Waals surface area contributed by atoms with Crippen LogP contribution in [0.15, 0.2) is 30.7 Å². The van der Waals surface area contributed by atoms with Gasteiger partial charge in [-0.2, -0.15) is 10.1 Å². The maximum atomic E-state index is 14.8. The lowest BCUT2D eigenvalue weighted by Crippen LogP contribution is -2.34. The molecule has 0 aliphatic heterocycles. The summed E-state index contributed by atoms with van der Waals surface area (Å²) >= 11 is 6.12. The highest BCUT2D eigenvalue weighted by Gasteiger charge is 2.31. The third-order valence-corrected chi connectivity index (χ3v) is 5.60. The molecule has 0 unspecified atom stereocenters. The Morgan fingerprint density at radius 3 is 2.89 bits per heavy atom. The van der Waals surface area contributed by atoms with E-state index in [2.05, 4.69) is 30.4 Å². The molecule has 9 heteroatoms. The Labute approximate surface area is 165 Å². The summed E-state index contributed by atoms with van der Waals surface area (Å²) in [6.07, 6.45) is 9.31. The van der Waals surface area contributed by atoms with Crippen molar-refractivity contribution >= 4 is 34.2 Å². The number of H-pyrrole nitrogens is 1. The van der Waals surface area contributed by atoms with Crippen LogP contribution in [-0.2, 0) is 0 Å². The van der Waals surface area contributed by atoms with E-state index in [1.54, 1.807) is 16.9 Å². The van der Waals surface area contributed by atoms with E-state index < -0.39 is 5.67 Å². The molecule has 1 saturated carbocycles. The van der Waals surface area contributed by atoms with Crippen molar-refractivity contribution in [2.24, 2.45) is 0 Å². The second-order valence-electron chi connectivity index (χ2n) is 7.29. The van der Waals surface area contributed by atoms with Crippen LogP contribution in [0.5, 0.6) is 0 Å². The zero-order chi connectivity index (χ0) is 19.1. The van der Waals surface area contributed by atoms with E-state index >= 15 is 0 Å². The molecule has 5 rings (SSSR count). The molecule has 0 radical (unpaired) electrons. The molecular formula is C19H19ClFN7. The van der Waals surface area contributed by atoms with Crippen LogP contribution in [0, 0.1) is 0 Å². The maximum Gasteiger partial charge on any atom is 0.224 e. The van der Waals surface area contributed by atoms with Gasteiger partial charge in [-0.15, -0.1) is 0 Å². The van der Waals surface area contributed by atoms with Crippen LogP contribution < -0.4 is 5.32 Å². The highest BCUT2D eigenvalue weighted by Crippen LogP contribution is 2.32. The largest absolute Gasteiger partial charge is 0.351 e. The summed E-state index contributed by atoms with van der Waals surface area (Å²) in [5.41, 5.74) is 1.78. The lowest BCUT2D eigenvalue weighted by atomic mass is 9.86. The van der Waals surface area contributed by atoms with Crippen molar-refractivity contribution in [3.8, 4) is 11.3 Å². The number of imidazole rings is 1. The fraction of sp³-hybridized carbons (Fsp3) is 0.368. The summed E-state index contributed by atoms with van der Waals surface area (Å²) in [5, 5.41) is 8.88. The molecular weight excluding hydrogens is 381 g/mol. The van der Waals surface area contributed by atoms with Gasteiger partial charge in [-0.25, -0.2) is 18.9 Å². The number of alkyl halides is 1. The number of aromatic amines is 1. The monoisotopic (exact) mass is 399 g/mol. The molecule has 1 fully saturated rings. The topological polar surface area (TPSA) is 83.8 Å². The van der Waals surface area contributed by atoms with E-state index in [0.29, 0.717) is 35.2 Å². The molecule has 4 aromatic rings. The third kappa shape index (κ3) is 3.07. The van der Waals surface area contributed by atoms with E-state index in [1.165, 1.54) is 0 Å². The van der Waals surface area contributed by atoms with Crippen LogP contribution in [0.4, 0.5) is 10.3 Å². The second kappa shape index (κ2) is 6.70. The highest BCUT2D eigenvalue weighted by molar-refractivity contribution is 6.29. The van der Waals surface area contributed by atoms with Gasteiger partial charge >= 0.3 is 0 Å². The van der Waals surface area contributed by atoms with Gasteiger partial charge in [0.15, 0.2) is 10.8 Å². The van der Waals surface area contributed by atoms with Gasteiger partial charge in [-0.05, 0) is 25.0 Å². The standard InChI is InChI=1S/C19H19ClFN7/c20-15-10-22-16-5-4-14(27-28(15)16)12-8-23-17-13(12)9-24-18(26-17)25-11-19(21)6-2-1-3-7-19/h4-5,8-10H,1-3,6-7,11H2,(H2,23,24,25,26). The van der Waals surface area contributed by atoms with E-state index in [1.807, 2.05) is 18.3 Å². The molecule has 0 aromatic carbocycles. The maximum absolute atomic E-state index is 14.8. The molecule has 0 saturated heterocycles. The number of halogens is 2. The number of anilines is 1. The number of nitrogens with one attached hydrogen (secondary N) is 2. The lowest BCUT2D eigenvalue weighted by molar-refractivity contribution is 0.122. The summed E-state index contributed by atoms with van der Waals surface area (Å²) in [5.74, 6) is 0.421. The van der Waals surface area contributed by atoms with Gasteiger partial charge in [0, 0.05) is 23.3 Å². The van der Waals surface area contributed by atoms with E-state index in [0.717, 1.165) is 35.9 Å². The third-order valence-electron chi connectivity index (χ3n) is 5.34. The number of nitrogens with zero attached hydrogens (tertiary/aromatic N) is 5. The number of hydrogen-bond donors (Lipinski definition) is 2. The smallest absolute Gasteiger partial charge is 0.224 e. The first-order valence-electron chi connectivity index (χ1n) is 9.39. The van der Waals surface area contributed by atoms with Gasteiger partial charge in [0.05, 0.1) is 18.4 Å². The van der Waals surface area contributed by atoms with Crippen LogP contribution >= 0.6 is 11.6 Å². The number of hydrogen-bond acceptors (Lipinski definition) is 5. The fourth-order valence-electron chi connectivity index (χ4n) is 3.79. The first-order valence-corrected chi connectivity index (χ1v) is 9.77. The molecule has 2 N–H and O–H groups in total. The fourth-order valence-corrected chi connectivity index (χ4v) is 3.97. The lowest BCUT2D eigenvalue weighted by Gasteiger charge is -2.29. The SMILES string of the molecule is FC1(CNc2ncc3c(-c4ccc5ncc(Cl)n5n4)c[nH]c3n2)CCCCC1. The summed E-state index contributed by atoms with van der Waals surface area (Å²) in [7, 11) is 0. The Bertz CT molecular complexity index is 1150. The van der Waals surface area contributed by atoms with Crippen LogP contribution in [0.3, 0.4) is 0 Å². The van der Waals surface area contributed by atoms with Crippen LogP contribution in [0.25, 0.3) is 27.9 Å². The zero-order valence-corrected chi connectivity index (χ0v) is 15.9. The van der Waals surface area contributed by atoms with Crippen molar-refractivity contribution < 1.29 is 4.39 Å². The summed E-state index contributed by atoms with van der Waals surface area (Å²) in [6.45, 7) is 0.240.